The molecule has 2 heterocycles. The van der Waals surface area contributed by atoms with E-state index in [-0.39, 0.29) is 19.1 Å². The molecule has 2 saturated heterocycles. The first-order chi connectivity index (χ1) is 12.6. The van der Waals surface area contributed by atoms with Crippen LogP contribution >= 0.6 is 0 Å². The van der Waals surface area contributed by atoms with Crippen molar-refractivity contribution in [2.75, 3.05) is 39.4 Å². The molecule has 1 aromatic rings. The first-order valence-electron chi connectivity index (χ1n) is 8.45. The molecule has 0 spiro atoms. The predicted molar refractivity (Wildman–Crippen MR) is 89.3 cm³/mol. The standard InChI is InChI=1S/C16H20F3N3O4S/c1-12-21(15(23)20-7-9-26-10-8-20)5-6-22(12)27(24,25)14-4-2-3-13(11-14)16(17,18)19/h2-4,11-12H,5-10H2,1H3/t12-/m1/s1. The summed E-state index contributed by atoms with van der Waals surface area (Å²) >= 11 is 0. The Morgan fingerprint density at radius 2 is 1.81 bits per heavy atom. The highest BCUT2D eigenvalue weighted by atomic mass is 32.2. The van der Waals surface area contributed by atoms with E-state index in [1.807, 2.05) is 0 Å². The molecule has 2 aliphatic heterocycles. The van der Waals surface area contributed by atoms with Crippen LogP contribution in [0.1, 0.15) is 12.5 Å². The molecule has 0 unspecified atom stereocenters. The Morgan fingerprint density at radius 3 is 2.44 bits per heavy atom. The lowest BCUT2D eigenvalue weighted by Crippen LogP contribution is -2.51. The predicted octanol–water partition coefficient (Wildman–Crippen LogP) is 1.81. The van der Waals surface area contributed by atoms with Crippen molar-refractivity contribution < 1.29 is 31.1 Å². The number of urea groups is 1. The molecule has 0 saturated carbocycles. The van der Waals surface area contributed by atoms with E-state index in [0.29, 0.717) is 32.4 Å². The minimum atomic E-state index is -4.64. The summed E-state index contributed by atoms with van der Waals surface area (Å²) in [5, 5.41) is 0. The van der Waals surface area contributed by atoms with Crippen LogP contribution in [-0.2, 0) is 20.9 Å². The van der Waals surface area contributed by atoms with E-state index in [0.717, 1.165) is 22.5 Å². The van der Waals surface area contributed by atoms with E-state index in [9.17, 15) is 26.4 Å². The monoisotopic (exact) mass is 407 g/mol. The number of carbonyl (C=O) groups excluding carboxylic acids is 1. The van der Waals surface area contributed by atoms with Gasteiger partial charge in [0.15, 0.2) is 0 Å². The van der Waals surface area contributed by atoms with Crippen molar-refractivity contribution in [1.82, 2.24) is 14.1 Å². The second-order valence-electron chi connectivity index (χ2n) is 6.35. The Labute approximate surface area is 155 Å². The fraction of sp³-hybridized carbons (Fsp3) is 0.562. The number of sulfonamides is 1. The zero-order valence-electron chi connectivity index (χ0n) is 14.6. The number of amides is 2. The number of nitrogens with zero attached hydrogens (tertiary/aromatic N) is 3. The van der Waals surface area contributed by atoms with Gasteiger partial charge in [0.1, 0.15) is 0 Å². The number of ether oxygens (including phenoxy) is 1. The highest BCUT2D eigenvalue weighted by molar-refractivity contribution is 7.89. The SMILES string of the molecule is C[C@@H]1N(C(=O)N2CCOCC2)CCN1S(=O)(=O)c1cccc(C(F)(F)F)c1. The highest BCUT2D eigenvalue weighted by Crippen LogP contribution is 2.32. The van der Waals surface area contributed by atoms with Gasteiger partial charge >= 0.3 is 12.2 Å². The Balaban J connectivity index is 1.81. The van der Waals surface area contributed by atoms with Crippen LogP contribution in [0.4, 0.5) is 18.0 Å². The minimum Gasteiger partial charge on any atom is -0.378 e. The largest absolute Gasteiger partial charge is 0.416 e. The summed E-state index contributed by atoms with van der Waals surface area (Å²) in [5.74, 6) is 0. The van der Waals surface area contributed by atoms with Gasteiger partial charge in [0.25, 0.3) is 0 Å². The maximum atomic E-state index is 12.9. The topological polar surface area (TPSA) is 70.2 Å². The molecular weight excluding hydrogens is 387 g/mol. The maximum Gasteiger partial charge on any atom is 0.416 e. The molecule has 2 amide bonds. The van der Waals surface area contributed by atoms with Gasteiger partial charge in [-0.25, -0.2) is 13.2 Å². The molecule has 0 bridgehead atoms. The first kappa shape index (κ1) is 19.9. The van der Waals surface area contributed by atoms with Crippen molar-refractivity contribution in [2.45, 2.75) is 24.2 Å². The van der Waals surface area contributed by atoms with Gasteiger partial charge in [0, 0.05) is 26.2 Å². The van der Waals surface area contributed by atoms with E-state index >= 15 is 0 Å². The summed E-state index contributed by atoms with van der Waals surface area (Å²) in [6.45, 7) is 3.42. The average molecular weight is 407 g/mol. The molecule has 7 nitrogen and oxygen atoms in total. The summed E-state index contributed by atoms with van der Waals surface area (Å²) < 4.78 is 70.7. The Kier molecular flexibility index (Phi) is 5.37. The molecule has 0 N–H and O–H groups in total. The average Bonchev–Trinajstić information content (AvgIpc) is 3.03. The number of benzene rings is 1. The smallest absolute Gasteiger partial charge is 0.378 e. The molecule has 27 heavy (non-hydrogen) atoms. The summed E-state index contributed by atoms with van der Waals surface area (Å²) in [4.78, 5) is 15.2. The van der Waals surface area contributed by atoms with Gasteiger partial charge in [0.2, 0.25) is 10.0 Å². The minimum absolute atomic E-state index is 0.0236. The lowest BCUT2D eigenvalue weighted by atomic mass is 10.2. The number of alkyl halides is 3. The number of rotatable bonds is 2. The molecule has 11 heteroatoms. The number of hydrogen-bond acceptors (Lipinski definition) is 4. The molecule has 3 rings (SSSR count). The second-order valence-corrected chi connectivity index (χ2v) is 8.24. The van der Waals surface area contributed by atoms with Gasteiger partial charge in [0.05, 0.1) is 29.8 Å². The fourth-order valence-corrected chi connectivity index (χ4v) is 4.85. The fourth-order valence-electron chi connectivity index (χ4n) is 3.22. The molecule has 1 atom stereocenters. The quantitative estimate of drug-likeness (QED) is 0.750. The molecule has 0 aromatic heterocycles. The van der Waals surface area contributed by atoms with Crippen LogP contribution in [0.5, 0.6) is 0 Å². The van der Waals surface area contributed by atoms with Crippen LogP contribution < -0.4 is 0 Å². The molecule has 1 aromatic carbocycles. The van der Waals surface area contributed by atoms with E-state index in [1.165, 1.54) is 4.90 Å². The molecule has 2 aliphatic rings. The molecule has 0 radical (unpaired) electrons. The Morgan fingerprint density at radius 1 is 1.15 bits per heavy atom. The van der Waals surface area contributed by atoms with Gasteiger partial charge in [-0.2, -0.15) is 17.5 Å². The van der Waals surface area contributed by atoms with E-state index in [2.05, 4.69) is 0 Å². The molecule has 2 fully saturated rings. The van der Waals surface area contributed by atoms with Crippen LogP contribution in [0, 0.1) is 0 Å². The number of morpholine rings is 1. The van der Waals surface area contributed by atoms with Gasteiger partial charge in [-0.1, -0.05) is 6.07 Å². The zero-order valence-corrected chi connectivity index (χ0v) is 15.5. The Hall–Kier alpha value is -1.85. The van der Waals surface area contributed by atoms with Crippen LogP contribution in [0.15, 0.2) is 29.2 Å². The van der Waals surface area contributed by atoms with Gasteiger partial charge in [-0.05, 0) is 25.1 Å². The van der Waals surface area contributed by atoms with E-state index < -0.39 is 32.8 Å². The van der Waals surface area contributed by atoms with Crippen molar-refractivity contribution in [2.24, 2.45) is 0 Å². The van der Waals surface area contributed by atoms with Gasteiger partial charge in [-0.15, -0.1) is 0 Å². The molecule has 150 valence electrons. The molecular formula is C16H20F3N3O4S. The van der Waals surface area contributed by atoms with E-state index in [1.54, 1.807) is 11.8 Å². The number of halogens is 3. The molecule has 0 aliphatic carbocycles. The summed E-state index contributed by atoms with van der Waals surface area (Å²) in [6, 6.07) is 3.33. The van der Waals surface area contributed by atoms with E-state index in [4.69, 9.17) is 4.74 Å². The van der Waals surface area contributed by atoms with Crippen LogP contribution in [0.25, 0.3) is 0 Å². The summed E-state index contributed by atoms with van der Waals surface area (Å²) in [7, 11) is -4.17. The third-order valence-electron chi connectivity index (χ3n) is 4.72. The Bertz CT molecular complexity index is 809. The summed E-state index contributed by atoms with van der Waals surface area (Å²) in [6.07, 6.45) is -5.43. The van der Waals surface area contributed by atoms with Crippen LogP contribution in [0.2, 0.25) is 0 Å². The second kappa shape index (κ2) is 7.28. The van der Waals surface area contributed by atoms with Crippen molar-refractivity contribution >= 4 is 16.1 Å². The van der Waals surface area contributed by atoms with Crippen molar-refractivity contribution in [3.8, 4) is 0 Å². The highest BCUT2D eigenvalue weighted by Gasteiger charge is 2.42. The van der Waals surface area contributed by atoms with Crippen molar-refractivity contribution in [3.63, 3.8) is 0 Å². The van der Waals surface area contributed by atoms with Crippen molar-refractivity contribution in [3.05, 3.63) is 29.8 Å². The lowest BCUT2D eigenvalue weighted by Gasteiger charge is -2.33. The van der Waals surface area contributed by atoms with Crippen molar-refractivity contribution in [1.29, 1.82) is 0 Å². The first-order valence-corrected chi connectivity index (χ1v) is 9.89. The number of carbonyl (C=O) groups is 1. The third-order valence-corrected chi connectivity index (χ3v) is 6.68. The third kappa shape index (κ3) is 3.90. The van der Waals surface area contributed by atoms with Gasteiger partial charge < -0.3 is 14.5 Å². The zero-order chi connectivity index (χ0) is 19.8. The lowest BCUT2D eigenvalue weighted by molar-refractivity contribution is -0.137. The van der Waals surface area contributed by atoms with Crippen LogP contribution in [0.3, 0.4) is 0 Å². The number of hydrogen-bond donors (Lipinski definition) is 0. The summed E-state index contributed by atoms with van der Waals surface area (Å²) in [5.41, 5.74) is -1.03. The van der Waals surface area contributed by atoms with Crippen LogP contribution in [-0.4, -0.2) is 74.1 Å². The maximum absolute atomic E-state index is 12.9. The van der Waals surface area contributed by atoms with Gasteiger partial charge in [-0.3, -0.25) is 0 Å². The normalized spacial score (nSPS) is 22.3.